The molecule has 1 aromatic rings. The summed E-state index contributed by atoms with van der Waals surface area (Å²) in [4.78, 5) is 2.70. The van der Waals surface area contributed by atoms with Crippen LogP contribution in [0.25, 0.3) is 0 Å². The van der Waals surface area contributed by atoms with E-state index < -0.39 is 0 Å². The molecule has 0 amide bonds. The van der Waals surface area contributed by atoms with Crippen molar-refractivity contribution in [2.45, 2.75) is 37.8 Å². The minimum Gasteiger partial charge on any atom is -0.314 e. The molecule has 0 saturated carbocycles. The maximum atomic E-state index is 6.21. The largest absolute Gasteiger partial charge is 0.314 e. The molecule has 3 atom stereocenters. The molecule has 0 aromatic heterocycles. The smallest absolute Gasteiger partial charge is 0.0409 e. The number of nitrogens with zero attached hydrogens (tertiary/aromatic N) is 1. The van der Waals surface area contributed by atoms with E-state index in [2.05, 4.69) is 22.3 Å². The highest BCUT2D eigenvalue weighted by atomic mass is 35.5. The van der Waals surface area contributed by atoms with E-state index in [4.69, 9.17) is 11.6 Å². The Kier molecular flexibility index (Phi) is 3.06. The van der Waals surface area contributed by atoms with Crippen molar-refractivity contribution in [2.75, 3.05) is 19.6 Å². The van der Waals surface area contributed by atoms with Crippen molar-refractivity contribution in [3.05, 3.63) is 34.3 Å². The first-order valence-electron chi connectivity index (χ1n) is 7.57. The molecule has 2 nitrogen and oxygen atoms in total. The SMILES string of the molecule is Clc1ccc2c(c1)[C@H]1C[C@@H]3NCCC[C@@H]3CN1CC2. The second kappa shape index (κ2) is 4.76. The standard InChI is InChI=1S/C16H21ClN2/c17-13-4-3-11-5-7-19-10-12-2-1-6-18-15(12)9-16(19)14(11)8-13/h3-4,8,12,15-16,18H,1-2,5-7,9-10H2/t12-,15+,16-/m1/s1. The van der Waals surface area contributed by atoms with E-state index in [0.717, 1.165) is 17.0 Å². The molecule has 3 aliphatic rings. The molecule has 2 saturated heterocycles. The molecule has 0 aliphatic carbocycles. The van der Waals surface area contributed by atoms with Crippen LogP contribution in [0.3, 0.4) is 0 Å². The molecule has 0 bridgehead atoms. The van der Waals surface area contributed by atoms with E-state index in [1.165, 1.54) is 56.4 Å². The van der Waals surface area contributed by atoms with Crippen LogP contribution in [0.4, 0.5) is 0 Å². The van der Waals surface area contributed by atoms with Gasteiger partial charge in [-0.15, -0.1) is 0 Å². The minimum absolute atomic E-state index is 0.592. The van der Waals surface area contributed by atoms with Crippen LogP contribution in [-0.2, 0) is 6.42 Å². The third-order valence-electron chi connectivity index (χ3n) is 5.25. The maximum absolute atomic E-state index is 6.21. The van der Waals surface area contributed by atoms with Gasteiger partial charge in [0.05, 0.1) is 0 Å². The predicted molar refractivity (Wildman–Crippen MR) is 78.6 cm³/mol. The van der Waals surface area contributed by atoms with Gasteiger partial charge in [-0.3, -0.25) is 4.90 Å². The van der Waals surface area contributed by atoms with Crippen molar-refractivity contribution in [1.29, 1.82) is 0 Å². The quantitative estimate of drug-likeness (QED) is 0.784. The summed E-state index contributed by atoms with van der Waals surface area (Å²) < 4.78 is 0. The Morgan fingerprint density at radius 1 is 1.32 bits per heavy atom. The fourth-order valence-electron chi connectivity index (χ4n) is 4.27. The molecular formula is C16H21ClN2. The fraction of sp³-hybridized carbons (Fsp3) is 0.625. The van der Waals surface area contributed by atoms with E-state index in [-0.39, 0.29) is 0 Å². The van der Waals surface area contributed by atoms with E-state index in [9.17, 15) is 0 Å². The number of hydrogen-bond acceptors (Lipinski definition) is 2. The normalized spacial score (nSPS) is 34.3. The average Bonchev–Trinajstić information content (AvgIpc) is 2.45. The first-order valence-corrected chi connectivity index (χ1v) is 7.95. The number of rotatable bonds is 0. The fourth-order valence-corrected chi connectivity index (χ4v) is 4.45. The van der Waals surface area contributed by atoms with Gasteiger partial charge in [-0.25, -0.2) is 0 Å². The monoisotopic (exact) mass is 276 g/mol. The van der Waals surface area contributed by atoms with Gasteiger partial charge in [-0.05, 0) is 61.4 Å². The van der Waals surface area contributed by atoms with Crippen LogP contribution in [0.2, 0.25) is 5.02 Å². The number of hydrogen-bond donors (Lipinski definition) is 1. The molecule has 1 N–H and O–H groups in total. The molecule has 3 heterocycles. The van der Waals surface area contributed by atoms with Gasteiger partial charge in [0.2, 0.25) is 0 Å². The Hall–Kier alpha value is -0.570. The van der Waals surface area contributed by atoms with Crippen LogP contribution >= 0.6 is 11.6 Å². The highest BCUT2D eigenvalue weighted by molar-refractivity contribution is 6.30. The lowest BCUT2D eigenvalue weighted by Crippen LogP contribution is -2.54. The third-order valence-corrected chi connectivity index (χ3v) is 5.48. The molecule has 0 spiro atoms. The predicted octanol–water partition coefficient (Wildman–Crippen LogP) is 3.01. The Morgan fingerprint density at radius 2 is 2.26 bits per heavy atom. The molecule has 4 rings (SSSR count). The van der Waals surface area contributed by atoms with Crippen molar-refractivity contribution in [2.24, 2.45) is 5.92 Å². The van der Waals surface area contributed by atoms with Gasteiger partial charge in [0.15, 0.2) is 0 Å². The summed E-state index contributed by atoms with van der Waals surface area (Å²) in [6.07, 6.45) is 5.21. The zero-order chi connectivity index (χ0) is 12.8. The van der Waals surface area contributed by atoms with Crippen LogP contribution in [-0.4, -0.2) is 30.6 Å². The van der Waals surface area contributed by atoms with Crippen molar-refractivity contribution < 1.29 is 0 Å². The van der Waals surface area contributed by atoms with Crippen LogP contribution in [0.15, 0.2) is 18.2 Å². The van der Waals surface area contributed by atoms with Gasteiger partial charge in [0.25, 0.3) is 0 Å². The van der Waals surface area contributed by atoms with Crippen LogP contribution in [0.1, 0.15) is 36.4 Å². The second-order valence-electron chi connectivity index (χ2n) is 6.30. The minimum atomic E-state index is 0.592. The number of halogens is 1. The van der Waals surface area contributed by atoms with Gasteiger partial charge in [0.1, 0.15) is 0 Å². The van der Waals surface area contributed by atoms with Gasteiger partial charge < -0.3 is 5.32 Å². The maximum Gasteiger partial charge on any atom is 0.0409 e. The zero-order valence-electron chi connectivity index (χ0n) is 11.2. The van der Waals surface area contributed by atoms with Crippen molar-refractivity contribution in [3.8, 4) is 0 Å². The zero-order valence-corrected chi connectivity index (χ0v) is 12.0. The molecule has 2 fully saturated rings. The van der Waals surface area contributed by atoms with Crippen molar-refractivity contribution >= 4 is 11.6 Å². The van der Waals surface area contributed by atoms with Crippen molar-refractivity contribution in [3.63, 3.8) is 0 Å². The summed E-state index contributed by atoms with van der Waals surface area (Å²) in [6.45, 7) is 3.70. The lowest BCUT2D eigenvalue weighted by atomic mass is 9.77. The van der Waals surface area contributed by atoms with Gasteiger partial charge in [-0.1, -0.05) is 17.7 Å². The highest BCUT2D eigenvalue weighted by Gasteiger charge is 2.39. The number of fused-ring (bicyclic) bond motifs is 4. The molecule has 0 unspecified atom stereocenters. The molecular weight excluding hydrogens is 256 g/mol. The Labute approximate surface area is 120 Å². The average molecular weight is 277 g/mol. The molecule has 3 heteroatoms. The van der Waals surface area contributed by atoms with Crippen LogP contribution in [0.5, 0.6) is 0 Å². The highest BCUT2D eigenvalue weighted by Crippen LogP contribution is 2.41. The van der Waals surface area contributed by atoms with E-state index in [0.29, 0.717) is 6.04 Å². The first-order chi connectivity index (χ1) is 9.31. The summed E-state index contributed by atoms with van der Waals surface area (Å²) >= 11 is 6.21. The van der Waals surface area contributed by atoms with Gasteiger partial charge in [-0.2, -0.15) is 0 Å². The van der Waals surface area contributed by atoms with Gasteiger partial charge in [0, 0.05) is 30.2 Å². The third kappa shape index (κ3) is 2.10. The van der Waals surface area contributed by atoms with Gasteiger partial charge >= 0.3 is 0 Å². The molecule has 102 valence electrons. The summed E-state index contributed by atoms with van der Waals surface area (Å²) in [7, 11) is 0. The summed E-state index contributed by atoms with van der Waals surface area (Å²) in [5, 5.41) is 4.63. The molecule has 19 heavy (non-hydrogen) atoms. The topological polar surface area (TPSA) is 15.3 Å². The van der Waals surface area contributed by atoms with E-state index in [1.807, 2.05) is 6.07 Å². The second-order valence-corrected chi connectivity index (χ2v) is 6.74. The van der Waals surface area contributed by atoms with Crippen LogP contribution < -0.4 is 5.32 Å². The molecule has 3 aliphatic heterocycles. The lowest BCUT2D eigenvalue weighted by Gasteiger charge is -2.49. The number of piperidine rings is 2. The Balaban J connectivity index is 1.66. The molecule has 0 radical (unpaired) electrons. The number of nitrogens with one attached hydrogen (secondary N) is 1. The molecule has 1 aromatic carbocycles. The summed E-state index contributed by atoms with van der Waals surface area (Å²) in [6, 6.07) is 7.79. The number of benzene rings is 1. The summed E-state index contributed by atoms with van der Waals surface area (Å²) in [5.41, 5.74) is 3.00. The first kappa shape index (κ1) is 12.2. The summed E-state index contributed by atoms with van der Waals surface area (Å²) in [5.74, 6) is 0.866. The Morgan fingerprint density at radius 3 is 3.21 bits per heavy atom. The van der Waals surface area contributed by atoms with Crippen LogP contribution in [0, 0.1) is 5.92 Å². The Bertz CT molecular complexity index is 488. The van der Waals surface area contributed by atoms with Crippen molar-refractivity contribution in [1.82, 2.24) is 10.2 Å². The van der Waals surface area contributed by atoms with E-state index >= 15 is 0 Å². The lowest BCUT2D eigenvalue weighted by molar-refractivity contribution is 0.0552. The van der Waals surface area contributed by atoms with E-state index in [1.54, 1.807) is 0 Å².